The first kappa shape index (κ1) is 18.4. The zero-order valence-corrected chi connectivity index (χ0v) is 13.8. The second-order valence-corrected chi connectivity index (χ2v) is 6.52. The molecule has 0 saturated carbocycles. The monoisotopic (exact) mass is 311 g/mol. The summed E-state index contributed by atoms with van der Waals surface area (Å²) in [6, 6.07) is 6.35. The van der Waals surface area contributed by atoms with Crippen molar-refractivity contribution in [2.75, 3.05) is 13.2 Å². The van der Waals surface area contributed by atoms with E-state index in [1.165, 1.54) is 6.07 Å². The lowest BCUT2D eigenvalue weighted by Crippen LogP contribution is -2.45. The molecule has 1 amide bonds. The predicted octanol–water partition coefficient (Wildman–Crippen LogP) is 3.38. The zero-order valence-electron chi connectivity index (χ0n) is 13.8. The van der Waals surface area contributed by atoms with Gasteiger partial charge in [-0.05, 0) is 38.8 Å². The van der Waals surface area contributed by atoms with Crippen molar-refractivity contribution in [1.29, 1.82) is 0 Å². The fourth-order valence-electron chi connectivity index (χ4n) is 2.46. The molecule has 0 saturated heterocycles. The van der Waals surface area contributed by atoms with Gasteiger partial charge in [-0.2, -0.15) is 0 Å². The van der Waals surface area contributed by atoms with Gasteiger partial charge in [0, 0.05) is 12.0 Å². The Hall–Kier alpha value is -1.62. The molecule has 1 rings (SSSR count). The molecule has 124 valence electrons. The van der Waals surface area contributed by atoms with Crippen LogP contribution < -0.4 is 5.32 Å². The number of hydrogen-bond acceptors (Lipinski definition) is 3. The van der Waals surface area contributed by atoms with Crippen molar-refractivity contribution >= 4 is 6.09 Å². The van der Waals surface area contributed by atoms with E-state index in [9.17, 15) is 14.3 Å². The van der Waals surface area contributed by atoms with Gasteiger partial charge in [-0.1, -0.05) is 31.5 Å². The molecule has 1 aromatic rings. The van der Waals surface area contributed by atoms with Crippen molar-refractivity contribution in [2.45, 2.75) is 51.6 Å². The van der Waals surface area contributed by atoms with Gasteiger partial charge in [0.25, 0.3) is 0 Å². The van der Waals surface area contributed by atoms with E-state index in [0.717, 1.165) is 6.42 Å². The Morgan fingerprint density at radius 3 is 2.45 bits per heavy atom. The zero-order chi connectivity index (χ0) is 16.8. The lowest BCUT2D eigenvalue weighted by Gasteiger charge is -2.33. The number of ether oxygens (including phenoxy) is 1. The maximum absolute atomic E-state index is 14.1. The van der Waals surface area contributed by atoms with E-state index in [2.05, 4.69) is 5.32 Å². The van der Waals surface area contributed by atoms with Crippen molar-refractivity contribution < 1.29 is 19.0 Å². The van der Waals surface area contributed by atoms with Gasteiger partial charge in [-0.3, -0.25) is 0 Å². The third-order valence-electron chi connectivity index (χ3n) is 3.45. The number of hydrogen-bond donors (Lipinski definition) is 2. The lowest BCUT2D eigenvalue weighted by atomic mass is 9.77. The lowest BCUT2D eigenvalue weighted by molar-refractivity contribution is 0.0499. The second kappa shape index (κ2) is 7.58. The molecule has 0 aliphatic heterocycles. The number of carbonyl (C=O) groups is 1. The molecule has 0 radical (unpaired) electrons. The minimum Gasteiger partial charge on any atom is -0.444 e. The van der Waals surface area contributed by atoms with Gasteiger partial charge < -0.3 is 15.2 Å². The number of aliphatic hydroxyl groups excluding tert-OH is 1. The van der Waals surface area contributed by atoms with E-state index >= 15 is 0 Å². The molecule has 5 heteroatoms. The van der Waals surface area contributed by atoms with Crippen LogP contribution in [0.3, 0.4) is 0 Å². The number of halogens is 1. The Labute approximate surface area is 131 Å². The van der Waals surface area contributed by atoms with Crippen LogP contribution in [0.5, 0.6) is 0 Å². The second-order valence-electron chi connectivity index (χ2n) is 6.52. The summed E-state index contributed by atoms with van der Waals surface area (Å²) < 4.78 is 19.3. The van der Waals surface area contributed by atoms with Crippen LogP contribution in [0.2, 0.25) is 0 Å². The number of alkyl carbamates (subject to hydrolysis) is 1. The first-order valence-corrected chi connectivity index (χ1v) is 7.57. The van der Waals surface area contributed by atoms with Crippen LogP contribution in [0, 0.1) is 5.82 Å². The van der Waals surface area contributed by atoms with Crippen LogP contribution in [0.25, 0.3) is 0 Å². The predicted molar refractivity (Wildman–Crippen MR) is 84.3 cm³/mol. The molecule has 1 unspecified atom stereocenters. The standard InChI is InChI=1S/C17H26FNO3/c1-5-10-17(12-20,13-8-6-7-9-14(13)18)11-19-15(21)22-16(2,3)4/h6-9,20H,5,10-12H2,1-4H3,(H,19,21). The van der Waals surface area contributed by atoms with Gasteiger partial charge in [0.05, 0.1) is 6.61 Å². The summed E-state index contributed by atoms with van der Waals surface area (Å²) in [5.41, 5.74) is -1.04. The highest BCUT2D eigenvalue weighted by Gasteiger charge is 2.34. The van der Waals surface area contributed by atoms with E-state index in [1.54, 1.807) is 39.0 Å². The average molecular weight is 311 g/mol. The molecule has 0 aliphatic carbocycles. The smallest absolute Gasteiger partial charge is 0.407 e. The molecule has 1 aromatic carbocycles. The third kappa shape index (κ3) is 4.98. The Balaban J connectivity index is 2.94. The van der Waals surface area contributed by atoms with Crippen molar-refractivity contribution in [3.05, 3.63) is 35.6 Å². The van der Waals surface area contributed by atoms with Gasteiger partial charge in [-0.25, -0.2) is 9.18 Å². The van der Waals surface area contributed by atoms with Crippen LogP contribution in [0.1, 0.15) is 46.1 Å². The molecule has 0 spiro atoms. The first-order chi connectivity index (χ1) is 10.2. The summed E-state index contributed by atoms with van der Waals surface area (Å²) in [7, 11) is 0. The molecule has 0 aromatic heterocycles. The maximum Gasteiger partial charge on any atom is 0.407 e. The number of nitrogens with one attached hydrogen (secondary N) is 1. The molecule has 2 N–H and O–H groups in total. The summed E-state index contributed by atoms with van der Waals surface area (Å²) in [5.74, 6) is -0.379. The maximum atomic E-state index is 14.1. The van der Waals surface area contributed by atoms with Crippen LogP contribution in [-0.4, -0.2) is 30.0 Å². The van der Waals surface area contributed by atoms with Crippen molar-refractivity contribution in [1.82, 2.24) is 5.32 Å². The Kier molecular flexibility index (Phi) is 6.35. The molecular weight excluding hydrogens is 285 g/mol. The van der Waals surface area contributed by atoms with Gasteiger partial charge in [0.1, 0.15) is 11.4 Å². The van der Waals surface area contributed by atoms with Crippen LogP contribution in [-0.2, 0) is 10.2 Å². The van der Waals surface area contributed by atoms with Crippen LogP contribution >= 0.6 is 0 Å². The SMILES string of the molecule is CCCC(CO)(CNC(=O)OC(C)(C)C)c1ccccc1F. The molecule has 0 bridgehead atoms. The topological polar surface area (TPSA) is 58.6 Å². The third-order valence-corrected chi connectivity index (χ3v) is 3.45. The Bertz CT molecular complexity index is 499. The van der Waals surface area contributed by atoms with E-state index < -0.39 is 17.1 Å². The molecule has 0 heterocycles. The number of carbonyl (C=O) groups excluding carboxylic acids is 1. The van der Waals surface area contributed by atoms with E-state index in [-0.39, 0.29) is 19.0 Å². The minimum atomic E-state index is -0.850. The molecular formula is C17H26FNO3. The number of aliphatic hydroxyl groups is 1. The van der Waals surface area contributed by atoms with Gasteiger partial charge in [-0.15, -0.1) is 0 Å². The summed E-state index contributed by atoms with van der Waals surface area (Å²) in [6.07, 6.45) is 0.739. The molecule has 1 atom stereocenters. The summed E-state index contributed by atoms with van der Waals surface area (Å²) in [5, 5.41) is 12.5. The van der Waals surface area contributed by atoms with E-state index in [4.69, 9.17) is 4.74 Å². The van der Waals surface area contributed by atoms with Crippen molar-refractivity contribution in [3.8, 4) is 0 Å². The minimum absolute atomic E-state index is 0.118. The largest absolute Gasteiger partial charge is 0.444 e. The first-order valence-electron chi connectivity index (χ1n) is 7.57. The highest BCUT2D eigenvalue weighted by atomic mass is 19.1. The van der Waals surface area contributed by atoms with E-state index in [0.29, 0.717) is 12.0 Å². The van der Waals surface area contributed by atoms with Gasteiger partial charge >= 0.3 is 6.09 Å². The summed E-state index contributed by atoms with van der Waals surface area (Å²) >= 11 is 0. The normalized spacial score (nSPS) is 14.3. The summed E-state index contributed by atoms with van der Waals surface area (Å²) in [4.78, 5) is 11.8. The molecule has 0 aliphatic rings. The Morgan fingerprint density at radius 2 is 1.95 bits per heavy atom. The number of amides is 1. The fourth-order valence-corrected chi connectivity index (χ4v) is 2.46. The van der Waals surface area contributed by atoms with Crippen LogP contribution in [0.15, 0.2) is 24.3 Å². The number of rotatable bonds is 6. The van der Waals surface area contributed by atoms with E-state index in [1.807, 2.05) is 6.92 Å². The molecule has 22 heavy (non-hydrogen) atoms. The quantitative estimate of drug-likeness (QED) is 0.846. The van der Waals surface area contributed by atoms with Crippen molar-refractivity contribution in [3.63, 3.8) is 0 Å². The fraction of sp³-hybridized carbons (Fsp3) is 0.588. The highest BCUT2D eigenvalue weighted by molar-refractivity contribution is 5.67. The van der Waals surface area contributed by atoms with Crippen LogP contribution in [0.4, 0.5) is 9.18 Å². The molecule has 0 fully saturated rings. The van der Waals surface area contributed by atoms with Gasteiger partial charge in [0.15, 0.2) is 0 Å². The average Bonchev–Trinajstić information content (AvgIpc) is 2.42. The molecule has 4 nitrogen and oxygen atoms in total. The van der Waals surface area contributed by atoms with Crippen molar-refractivity contribution in [2.24, 2.45) is 0 Å². The van der Waals surface area contributed by atoms with Gasteiger partial charge in [0.2, 0.25) is 0 Å². The Morgan fingerprint density at radius 1 is 1.32 bits per heavy atom. The number of benzene rings is 1. The highest BCUT2D eigenvalue weighted by Crippen LogP contribution is 2.30. The summed E-state index contributed by atoms with van der Waals surface area (Å²) in [6.45, 7) is 7.14.